The predicted octanol–water partition coefficient (Wildman–Crippen LogP) is 2.39. The van der Waals surface area contributed by atoms with E-state index in [-0.39, 0.29) is 0 Å². The zero-order chi connectivity index (χ0) is 7.68. The van der Waals surface area contributed by atoms with Gasteiger partial charge in [0, 0.05) is 17.6 Å². The number of nitrogens with zero attached hydrogens (tertiary/aromatic N) is 1. The maximum atomic E-state index is 4.50. The molecule has 0 fully saturated rings. The quantitative estimate of drug-likeness (QED) is 0.582. The number of aromatic nitrogens is 1. The summed E-state index contributed by atoms with van der Waals surface area (Å²) in [5.74, 6) is 0. The van der Waals surface area contributed by atoms with E-state index in [0.717, 1.165) is 0 Å². The standard InChI is InChI=1S/C9H11NS/c11-9-3-1-2-7-4-5-10-6-8(7)9/h4-6,9,11H,1-3H2. The van der Waals surface area contributed by atoms with Crippen molar-refractivity contribution in [2.45, 2.75) is 24.5 Å². The third kappa shape index (κ3) is 1.27. The number of thiol groups is 1. The van der Waals surface area contributed by atoms with Crippen molar-refractivity contribution < 1.29 is 0 Å². The van der Waals surface area contributed by atoms with Crippen LogP contribution in [0.2, 0.25) is 0 Å². The van der Waals surface area contributed by atoms with Gasteiger partial charge in [-0.25, -0.2) is 0 Å². The van der Waals surface area contributed by atoms with Gasteiger partial charge in [-0.3, -0.25) is 4.98 Å². The zero-order valence-electron chi connectivity index (χ0n) is 6.33. The highest BCUT2D eigenvalue weighted by Gasteiger charge is 2.15. The van der Waals surface area contributed by atoms with Gasteiger partial charge in [-0.15, -0.1) is 0 Å². The van der Waals surface area contributed by atoms with Gasteiger partial charge in [0.25, 0.3) is 0 Å². The highest BCUT2D eigenvalue weighted by molar-refractivity contribution is 7.80. The molecule has 0 spiro atoms. The first-order valence-electron chi connectivity index (χ1n) is 3.99. The second kappa shape index (κ2) is 2.86. The molecule has 1 nitrogen and oxygen atoms in total. The topological polar surface area (TPSA) is 12.9 Å². The number of aryl methyl sites for hydroxylation is 1. The van der Waals surface area contributed by atoms with Crippen LogP contribution in [-0.4, -0.2) is 4.98 Å². The molecule has 1 aliphatic rings. The molecule has 1 heterocycles. The molecule has 0 amide bonds. The van der Waals surface area contributed by atoms with Crippen molar-refractivity contribution in [3.8, 4) is 0 Å². The van der Waals surface area contributed by atoms with Gasteiger partial charge in [-0.2, -0.15) is 12.6 Å². The van der Waals surface area contributed by atoms with Gasteiger partial charge < -0.3 is 0 Å². The fourth-order valence-corrected chi connectivity index (χ4v) is 2.02. The Balaban J connectivity index is 2.44. The summed E-state index contributed by atoms with van der Waals surface area (Å²) < 4.78 is 0. The fraction of sp³-hybridized carbons (Fsp3) is 0.444. The number of hydrogen-bond acceptors (Lipinski definition) is 2. The van der Waals surface area contributed by atoms with Crippen LogP contribution in [0.5, 0.6) is 0 Å². The third-order valence-corrected chi connectivity index (χ3v) is 2.77. The normalized spacial score (nSPS) is 22.8. The van der Waals surface area contributed by atoms with Crippen LogP contribution in [0.3, 0.4) is 0 Å². The number of hydrogen-bond donors (Lipinski definition) is 1. The van der Waals surface area contributed by atoms with E-state index in [0.29, 0.717) is 5.25 Å². The third-order valence-electron chi connectivity index (χ3n) is 2.23. The van der Waals surface area contributed by atoms with Crippen molar-refractivity contribution in [1.29, 1.82) is 0 Å². The van der Waals surface area contributed by atoms with Gasteiger partial charge >= 0.3 is 0 Å². The molecular weight excluding hydrogens is 154 g/mol. The minimum Gasteiger partial charge on any atom is -0.264 e. The van der Waals surface area contributed by atoms with E-state index in [1.165, 1.54) is 30.4 Å². The summed E-state index contributed by atoms with van der Waals surface area (Å²) in [6.07, 6.45) is 7.48. The second-order valence-corrected chi connectivity index (χ2v) is 3.61. The first kappa shape index (κ1) is 7.17. The van der Waals surface area contributed by atoms with Crippen LogP contribution in [0, 0.1) is 0 Å². The van der Waals surface area contributed by atoms with E-state index in [9.17, 15) is 0 Å². The van der Waals surface area contributed by atoms with Crippen LogP contribution < -0.4 is 0 Å². The summed E-state index contributed by atoms with van der Waals surface area (Å²) in [6, 6.07) is 2.11. The first-order chi connectivity index (χ1) is 5.38. The molecule has 2 heteroatoms. The van der Waals surface area contributed by atoms with E-state index in [4.69, 9.17) is 0 Å². The van der Waals surface area contributed by atoms with Crippen molar-refractivity contribution >= 4 is 12.6 Å². The van der Waals surface area contributed by atoms with E-state index < -0.39 is 0 Å². The lowest BCUT2D eigenvalue weighted by Gasteiger charge is -2.20. The Morgan fingerprint density at radius 2 is 2.45 bits per heavy atom. The molecule has 1 unspecified atom stereocenters. The number of rotatable bonds is 0. The van der Waals surface area contributed by atoms with Crippen LogP contribution in [0.1, 0.15) is 29.2 Å². The van der Waals surface area contributed by atoms with Crippen LogP contribution >= 0.6 is 12.6 Å². The maximum absolute atomic E-state index is 4.50. The molecule has 0 saturated heterocycles. The van der Waals surface area contributed by atoms with Crippen LogP contribution in [0.15, 0.2) is 18.5 Å². The summed E-state index contributed by atoms with van der Waals surface area (Å²) in [5, 5.41) is 0.424. The smallest absolute Gasteiger partial charge is 0.0313 e. The highest BCUT2D eigenvalue weighted by atomic mass is 32.1. The monoisotopic (exact) mass is 165 g/mol. The SMILES string of the molecule is SC1CCCc2ccncc21. The molecule has 0 N–H and O–H groups in total. The van der Waals surface area contributed by atoms with Gasteiger partial charge in [-0.05, 0) is 36.5 Å². The van der Waals surface area contributed by atoms with Gasteiger partial charge in [0.1, 0.15) is 0 Å². The molecule has 1 aliphatic carbocycles. The number of fused-ring (bicyclic) bond motifs is 1. The van der Waals surface area contributed by atoms with Crippen molar-refractivity contribution in [1.82, 2.24) is 4.98 Å². The molecule has 1 aromatic heterocycles. The zero-order valence-corrected chi connectivity index (χ0v) is 7.22. The molecule has 0 aromatic carbocycles. The second-order valence-electron chi connectivity index (χ2n) is 2.98. The Kier molecular flexibility index (Phi) is 1.86. The Labute approximate surface area is 72.3 Å². The Bertz CT molecular complexity index is 259. The fourth-order valence-electron chi connectivity index (χ4n) is 1.60. The van der Waals surface area contributed by atoms with Gasteiger partial charge in [0.2, 0.25) is 0 Å². The van der Waals surface area contributed by atoms with Gasteiger partial charge in [0.15, 0.2) is 0 Å². The van der Waals surface area contributed by atoms with Gasteiger partial charge in [0.05, 0.1) is 0 Å². The van der Waals surface area contributed by atoms with Crippen molar-refractivity contribution in [2.75, 3.05) is 0 Å². The Morgan fingerprint density at radius 3 is 3.27 bits per heavy atom. The molecule has 0 saturated carbocycles. The van der Waals surface area contributed by atoms with Crippen molar-refractivity contribution in [3.63, 3.8) is 0 Å². The van der Waals surface area contributed by atoms with E-state index in [2.05, 4.69) is 23.7 Å². The molecule has 0 aliphatic heterocycles. The summed E-state index contributed by atoms with van der Waals surface area (Å²) in [4.78, 5) is 4.10. The van der Waals surface area contributed by atoms with Crippen molar-refractivity contribution in [2.24, 2.45) is 0 Å². The average molecular weight is 165 g/mol. The molecule has 0 bridgehead atoms. The molecule has 2 rings (SSSR count). The molecule has 1 atom stereocenters. The lowest BCUT2D eigenvalue weighted by Crippen LogP contribution is -2.05. The van der Waals surface area contributed by atoms with Crippen LogP contribution in [0.25, 0.3) is 0 Å². The maximum Gasteiger partial charge on any atom is 0.0313 e. The van der Waals surface area contributed by atoms with Crippen LogP contribution in [-0.2, 0) is 6.42 Å². The van der Waals surface area contributed by atoms with Gasteiger partial charge in [-0.1, -0.05) is 0 Å². The lowest BCUT2D eigenvalue weighted by atomic mass is 9.93. The Hall–Kier alpha value is -0.500. The van der Waals surface area contributed by atoms with E-state index >= 15 is 0 Å². The summed E-state index contributed by atoms with van der Waals surface area (Å²) in [5.41, 5.74) is 2.77. The predicted molar refractivity (Wildman–Crippen MR) is 48.9 cm³/mol. The molecule has 58 valence electrons. The summed E-state index contributed by atoms with van der Waals surface area (Å²) >= 11 is 4.50. The minimum absolute atomic E-state index is 0.424. The highest BCUT2D eigenvalue weighted by Crippen LogP contribution is 2.32. The first-order valence-corrected chi connectivity index (χ1v) is 4.50. The molecule has 1 aromatic rings. The molecule has 11 heavy (non-hydrogen) atoms. The number of pyridine rings is 1. The van der Waals surface area contributed by atoms with E-state index in [1.807, 2.05) is 12.4 Å². The van der Waals surface area contributed by atoms with Crippen molar-refractivity contribution in [3.05, 3.63) is 29.6 Å². The summed E-state index contributed by atoms with van der Waals surface area (Å²) in [6.45, 7) is 0. The Morgan fingerprint density at radius 1 is 1.55 bits per heavy atom. The molecule has 0 radical (unpaired) electrons. The van der Waals surface area contributed by atoms with E-state index in [1.54, 1.807) is 0 Å². The lowest BCUT2D eigenvalue weighted by molar-refractivity contribution is 0.673. The largest absolute Gasteiger partial charge is 0.264 e. The minimum atomic E-state index is 0.424. The average Bonchev–Trinajstić information content (AvgIpc) is 2.06. The summed E-state index contributed by atoms with van der Waals surface area (Å²) in [7, 11) is 0. The molecular formula is C9H11NS. The van der Waals surface area contributed by atoms with Crippen LogP contribution in [0.4, 0.5) is 0 Å².